The van der Waals surface area contributed by atoms with E-state index in [9.17, 15) is 4.79 Å². The number of hydrogen-bond acceptors (Lipinski definition) is 3. The fourth-order valence-electron chi connectivity index (χ4n) is 3.02. The van der Waals surface area contributed by atoms with Crippen LogP contribution in [0.4, 0.5) is 0 Å². The Hall–Kier alpha value is -3.54. The highest BCUT2D eigenvalue weighted by atomic mass is 16.3. The second-order valence-electron chi connectivity index (χ2n) is 6.43. The zero-order valence-electron chi connectivity index (χ0n) is 15.2. The summed E-state index contributed by atoms with van der Waals surface area (Å²) in [4.78, 5) is 12.9. The molecule has 4 aromatic rings. The largest absolute Gasteiger partial charge is 0.467 e. The van der Waals surface area contributed by atoms with Crippen LogP contribution in [0.2, 0.25) is 0 Å². The first-order chi connectivity index (χ1) is 13.1. The van der Waals surface area contributed by atoms with Crippen LogP contribution in [0.1, 0.15) is 21.8 Å². The van der Waals surface area contributed by atoms with Crippen LogP contribution in [-0.2, 0) is 13.6 Å². The molecule has 0 fully saturated rings. The van der Waals surface area contributed by atoms with Gasteiger partial charge < -0.3 is 14.3 Å². The van der Waals surface area contributed by atoms with E-state index in [4.69, 9.17) is 9.52 Å². The highest BCUT2D eigenvalue weighted by molar-refractivity contribution is 5.94. The smallest absolute Gasteiger partial charge is 0.270 e. The molecule has 0 aliphatic heterocycles. The van der Waals surface area contributed by atoms with Gasteiger partial charge >= 0.3 is 0 Å². The lowest BCUT2D eigenvalue weighted by molar-refractivity contribution is 0.0940. The molecule has 0 saturated carbocycles. The van der Waals surface area contributed by atoms with Crippen LogP contribution in [-0.4, -0.2) is 20.3 Å². The van der Waals surface area contributed by atoms with Gasteiger partial charge in [0.2, 0.25) is 0 Å². The Kier molecular flexibility index (Phi) is 4.38. The lowest BCUT2D eigenvalue weighted by Gasteiger charge is -2.08. The quantitative estimate of drug-likeness (QED) is 0.590. The Balaban J connectivity index is 1.72. The second-order valence-corrected chi connectivity index (χ2v) is 6.43. The highest BCUT2D eigenvalue weighted by Gasteiger charge is 2.19. The van der Waals surface area contributed by atoms with E-state index in [0.717, 1.165) is 22.6 Å². The van der Waals surface area contributed by atoms with Gasteiger partial charge in [0.25, 0.3) is 5.91 Å². The number of amides is 1. The summed E-state index contributed by atoms with van der Waals surface area (Å²) in [6.07, 6.45) is 3.55. The minimum absolute atomic E-state index is 0.208. The maximum absolute atomic E-state index is 12.9. The van der Waals surface area contributed by atoms with Gasteiger partial charge in [-0.05, 0) is 55.0 Å². The van der Waals surface area contributed by atoms with Gasteiger partial charge in [-0.2, -0.15) is 5.10 Å². The number of benzene rings is 1. The molecule has 0 bridgehead atoms. The summed E-state index contributed by atoms with van der Waals surface area (Å²) in [6, 6.07) is 17.3. The third-order valence-electron chi connectivity index (χ3n) is 4.40. The lowest BCUT2D eigenvalue weighted by Crippen LogP contribution is -2.25. The van der Waals surface area contributed by atoms with Crippen LogP contribution in [0, 0.1) is 6.92 Å². The van der Waals surface area contributed by atoms with Crippen molar-refractivity contribution in [1.82, 2.24) is 19.7 Å². The van der Waals surface area contributed by atoms with Crippen molar-refractivity contribution in [2.45, 2.75) is 13.5 Å². The fourth-order valence-corrected chi connectivity index (χ4v) is 3.02. The van der Waals surface area contributed by atoms with Crippen molar-refractivity contribution in [2.75, 3.05) is 0 Å². The van der Waals surface area contributed by atoms with Crippen molar-refractivity contribution in [3.63, 3.8) is 0 Å². The Morgan fingerprint density at radius 1 is 1.15 bits per heavy atom. The molecule has 6 nitrogen and oxygen atoms in total. The molecule has 0 unspecified atom stereocenters. The predicted octanol–water partition coefficient (Wildman–Crippen LogP) is 3.71. The van der Waals surface area contributed by atoms with Crippen molar-refractivity contribution in [3.8, 4) is 17.1 Å². The molecule has 27 heavy (non-hydrogen) atoms. The summed E-state index contributed by atoms with van der Waals surface area (Å²) in [5.41, 5.74) is 4.11. The summed E-state index contributed by atoms with van der Waals surface area (Å²) >= 11 is 0. The van der Waals surface area contributed by atoms with E-state index < -0.39 is 0 Å². The average molecular weight is 360 g/mol. The Morgan fingerprint density at radius 3 is 2.74 bits per heavy atom. The number of rotatable bonds is 5. The van der Waals surface area contributed by atoms with Gasteiger partial charge in [-0.25, -0.2) is 4.68 Å². The molecule has 3 heterocycles. The van der Waals surface area contributed by atoms with Gasteiger partial charge in [-0.3, -0.25) is 4.79 Å². The van der Waals surface area contributed by atoms with Crippen molar-refractivity contribution in [2.24, 2.45) is 7.05 Å². The number of nitrogens with zero attached hydrogens (tertiary/aromatic N) is 3. The minimum Gasteiger partial charge on any atom is -0.467 e. The molecule has 136 valence electrons. The third-order valence-corrected chi connectivity index (χ3v) is 4.40. The van der Waals surface area contributed by atoms with Crippen molar-refractivity contribution in [3.05, 3.63) is 84.1 Å². The van der Waals surface area contributed by atoms with E-state index in [1.165, 1.54) is 0 Å². The zero-order chi connectivity index (χ0) is 18.8. The Labute approximate surface area is 157 Å². The monoisotopic (exact) mass is 360 g/mol. The van der Waals surface area contributed by atoms with Gasteiger partial charge in [-0.1, -0.05) is 12.1 Å². The SMILES string of the molecule is Cc1cccc(-n2nc(-c3cccn3C)cc2C(=O)NCc2ccco2)c1. The summed E-state index contributed by atoms with van der Waals surface area (Å²) < 4.78 is 8.96. The molecule has 0 aliphatic carbocycles. The molecular weight excluding hydrogens is 340 g/mol. The number of carbonyl (C=O) groups is 1. The summed E-state index contributed by atoms with van der Waals surface area (Å²) in [7, 11) is 1.96. The van der Waals surface area contributed by atoms with Crippen LogP contribution in [0.3, 0.4) is 0 Å². The first-order valence-corrected chi connectivity index (χ1v) is 8.71. The number of hydrogen-bond donors (Lipinski definition) is 1. The number of nitrogens with one attached hydrogen (secondary N) is 1. The lowest BCUT2D eigenvalue weighted by atomic mass is 10.2. The second kappa shape index (κ2) is 6.99. The van der Waals surface area contributed by atoms with Gasteiger partial charge in [0.1, 0.15) is 17.1 Å². The molecule has 4 rings (SSSR count). The van der Waals surface area contributed by atoms with Gasteiger partial charge in [-0.15, -0.1) is 0 Å². The molecular formula is C21H20N4O2. The van der Waals surface area contributed by atoms with Gasteiger partial charge in [0, 0.05) is 13.2 Å². The van der Waals surface area contributed by atoms with Crippen LogP contribution < -0.4 is 5.32 Å². The topological polar surface area (TPSA) is 65.0 Å². The van der Waals surface area contributed by atoms with Crippen LogP contribution in [0.15, 0.2) is 71.5 Å². The van der Waals surface area contributed by atoms with E-state index in [0.29, 0.717) is 18.0 Å². The van der Waals surface area contributed by atoms with Crippen LogP contribution in [0.25, 0.3) is 17.1 Å². The molecule has 0 saturated heterocycles. The normalized spacial score (nSPS) is 10.9. The van der Waals surface area contributed by atoms with E-state index in [1.54, 1.807) is 17.0 Å². The van der Waals surface area contributed by atoms with Crippen LogP contribution >= 0.6 is 0 Å². The van der Waals surface area contributed by atoms with E-state index in [-0.39, 0.29) is 5.91 Å². The summed E-state index contributed by atoms with van der Waals surface area (Å²) in [5.74, 6) is 0.494. The first-order valence-electron chi connectivity index (χ1n) is 8.71. The number of carbonyl (C=O) groups excluding carboxylic acids is 1. The van der Waals surface area contributed by atoms with Crippen molar-refractivity contribution < 1.29 is 9.21 Å². The average Bonchev–Trinajstić information content (AvgIpc) is 3.40. The number of aromatic nitrogens is 3. The molecule has 1 aromatic carbocycles. The fraction of sp³-hybridized carbons (Fsp3) is 0.143. The Bertz CT molecular complexity index is 1070. The van der Waals surface area contributed by atoms with E-state index in [1.807, 2.05) is 73.3 Å². The molecule has 0 aliphatic rings. The number of aryl methyl sites for hydroxylation is 2. The zero-order valence-corrected chi connectivity index (χ0v) is 15.2. The van der Waals surface area contributed by atoms with Crippen LogP contribution in [0.5, 0.6) is 0 Å². The maximum Gasteiger partial charge on any atom is 0.270 e. The first kappa shape index (κ1) is 16.9. The molecule has 0 spiro atoms. The number of furan rings is 1. The predicted molar refractivity (Wildman–Crippen MR) is 103 cm³/mol. The van der Waals surface area contributed by atoms with Crippen molar-refractivity contribution >= 4 is 5.91 Å². The van der Waals surface area contributed by atoms with Crippen molar-refractivity contribution in [1.29, 1.82) is 0 Å². The summed E-state index contributed by atoms with van der Waals surface area (Å²) in [6.45, 7) is 2.34. The highest BCUT2D eigenvalue weighted by Crippen LogP contribution is 2.22. The Morgan fingerprint density at radius 2 is 2.04 bits per heavy atom. The standard InChI is InChI=1S/C21H20N4O2/c1-15-6-3-7-16(12-15)25-20(21(26)22-14-17-8-5-11-27-17)13-18(23-25)19-9-4-10-24(19)2/h3-13H,14H2,1-2H3,(H,22,26). The molecule has 0 atom stereocenters. The molecule has 6 heteroatoms. The van der Waals surface area contributed by atoms with Gasteiger partial charge in [0.05, 0.1) is 24.2 Å². The minimum atomic E-state index is -0.208. The van der Waals surface area contributed by atoms with E-state index >= 15 is 0 Å². The molecule has 1 amide bonds. The maximum atomic E-state index is 12.9. The molecule has 1 N–H and O–H groups in total. The molecule has 0 radical (unpaired) electrons. The molecule has 3 aromatic heterocycles. The van der Waals surface area contributed by atoms with Gasteiger partial charge in [0.15, 0.2) is 0 Å². The van der Waals surface area contributed by atoms with E-state index in [2.05, 4.69) is 5.32 Å². The third kappa shape index (κ3) is 3.42. The summed E-state index contributed by atoms with van der Waals surface area (Å²) in [5, 5.41) is 7.60.